The number of nitrogens with one attached hydrogen (secondary N) is 2. The highest BCUT2D eigenvalue weighted by molar-refractivity contribution is 8.00. The van der Waals surface area contributed by atoms with Crippen molar-refractivity contribution >= 4 is 45.6 Å². The van der Waals surface area contributed by atoms with Crippen LogP contribution in [0.15, 0.2) is 59.5 Å². The molecular weight excluding hydrogens is 498 g/mol. The number of thioether (sulfide) groups is 1. The molecule has 5 rings (SSSR count). The Morgan fingerprint density at radius 1 is 1.00 bits per heavy atom. The van der Waals surface area contributed by atoms with Crippen molar-refractivity contribution in [2.75, 3.05) is 16.4 Å². The van der Waals surface area contributed by atoms with E-state index in [4.69, 9.17) is 0 Å². The third kappa shape index (κ3) is 6.26. The van der Waals surface area contributed by atoms with Crippen LogP contribution in [0.1, 0.15) is 66.0 Å². The fourth-order valence-electron chi connectivity index (χ4n) is 5.39. The number of hydrogen-bond acceptors (Lipinski definition) is 5. The largest absolute Gasteiger partial charge is 0.326 e. The van der Waals surface area contributed by atoms with Crippen molar-refractivity contribution in [3.8, 4) is 6.07 Å². The number of thiophene rings is 1. The summed E-state index contributed by atoms with van der Waals surface area (Å²) in [4.78, 5) is 27.5. The molecule has 2 N–H and O–H groups in total. The van der Waals surface area contributed by atoms with Crippen LogP contribution in [0, 0.1) is 17.2 Å². The van der Waals surface area contributed by atoms with Gasteiger partial charge in [-0.05, 0) is 67.3 Å². The molecule has 2 amide bonds. The minimum atomic E-state index is -0.128. The lowest BCUT2D eigenvalue weighted by molar-refractivity contribution is -0.120. The molecule has 37 heavy (non-hydrogen) atoms. The van der Waals surface area contributed by atoms with Gasteiger partial charge < -0.3 is 10.6 Å². The second-order valence-corrected chi connectivity index (χ2v) is 12.0. The van der Waals surface area contributed by atoms with Gasteiger partial charge in [0.25, 0.3) is 0 Å². The van der Waals surface area contributed by atoms with Crippen LogP contribution in [0.3, 0.4) is 0 Å². The number of benzene rings is 2. The van der Waals surface area contributed by atoms with Gasteiger partial charge in [0, 0.05) is 21.4 Å². The molecule has 1 heterocycles. The van der Waals surface area contributed by atoms with Gasteiger partial charge in [0.1, 0.15) is 11.1 Å². The molecule has 0 radical (unpaired) electrons. The van der Waals surface area contributed by atoms with Gasteiger partial charge in [0.2, 0.25) is 11.8 Å². The van der Waals surface area contributed by atoms with Crippen molar-refractivity contribution in [2.24, 2.45) is 5.92 Å². The first-order valence-electron chi connectivity index (χ1n) is 13.0. The van der Waals surface area contributed by atoms with Crippen LogP contribution in [0.2, 0.25) is 0 Å². The zero-order chi connectivity index (χ0) is 25.6. The third-order valence-corrected chi connectivity index (χ3v) is 9.51. The van der Waals surface area contributed by atoms with Crippen molar-refractivity contribution in [1.82, 2.24) is 0 Å². The second kappa shape index (κ2) is 12.0. The molecule has 0 saturated heterocycles. The summed E-state index contributed by atoms with van der Waals surface area (Å²) in [7, 11) is 0. The van der Waals surface area contributed by atoms with Crippen LogP contribution < -0.4 is 10.6 Å². The quantitative estimate of drug-likeness (QED) is 0.319. The first kappa shape index (κ1) is 25.6. The van der Waals surface area contributed by atoms with E-state index in [-0.39, 0.29) is 23.5 Å². The molecule has 1 aromatic heterocycles. The average molecular weight is 530 g/mol. The minimum absolute atomic E-state index is 0.0970. The van der Waals surface area contributed by atoms with E-state index in [1.165, 1.54) is 28.6 Å². The average Bonchev–Trinajstić information content (AvgIpc) is 3.29. The molecule has 1 unspecified atom stereocenters. The molecule has 5 nitrogen and oxygen atoms in total. The summed E-state index contributed by atoms with van der Waals surface area (Å²) in [6, 6.07) is 20.5. The lowest BCUT2D eigenvalue weighted by Crippen LogP contribution is -2.24. The number of nitrogens with zero attached hydrogens (tertiary/aromatic N) is 1. The summed E-state index contributed by atoms with van der Waals surface area (Å²) >= 11 is 2.98. The van der Waals surface area contributed by atoms with Crippen LogP contribution in [-0.4, -0.2) is 17.6 Å². The molecule has 2 aliphatic carbocycles. The summed E-state index contributed by atoms with van der Waals surface area (Å²) in [6.45, 7) is 0. The van der Waals surface area contributed by atoms with E-state index in [1.807, 2.05) is 30.3 Å². The first-order valence-corrected chi connectivity index (χ1v) is 14.8. The monoisotopic (exact) mass is 529 g/mol. The van der Waals surface area contributed by atoms with Gasteiger partial charge in [-0.1, -0.05) is 55.7 Å². The minimum Gasteiger partial charge on any atom is -0.326 e. The van der Waals surface area contributed by atoms with Crippen LogP contribution in [0.5, 0.6) is 0 Å². The molecular formula is C30H31N3O2S2. The van der Waals surface area contributed by atoms with Gasteiger partial charge in [-0.2, -0.15) is 5.26 Å². The van der Waals surface area contributed by atoms with Crippen LogP contribution in [0.25, 0.3) is 0 Å². The molecule has 190 valence electrons. The summed E-state index contributed by atoms with van der Waals surface area (Å²) in [5.74, 6) is 0.755. The maximum atomic E-state index is 12.8. The van der Waals surface area contributed by atoms with Crippen LogP contribution in [0.4, 0.5) is 10.7 Å². The molecule has 1 saturated carbocycles. The van der Waals surface area contributed by atoms with Crippen molar-refractivity contribution in [3.63, 3.8) is 0 Å². The van der Waals surface area contributed by atoms with E-state index in [0.29, 0.717) is 16.5 Å². The van der Waals surface area contributed by atoms with E-state index in [9.17, 15) is 14.9 Å². The highest BCUT2D eigenvalue weighted by atomic mass is 32.2. The SMILES string of the molecule is N#Cc1c(NC(=O)CSc2cccc(NC(=O)C3CCCCC3)c2)sc2c1CCC(c1ccccc1)C2. The zero-order valence-corrected chi connectivity index (χ0v) is 22.4. The molecule has 0 aliphatic heterocycles. The van der Waals surface area contributed by atoms with Crippen molar-refractivity contribution in [1.29, 1.82) is 5.26 Å². The van der Waals surface area contributed by atoms with Crippen LogP contribution in [-0.2, 0) is 22.4 Å². The lowest BCUT2D eigenvalue weighted by atomic mass is 9.83. The van der Waals surface area contributed by atoms with Gasteiger partial charge in [-0.25, -0.2) is 0 Å². The highest BCUT2D eigenvalue weighted by Crippen LogP contribution is 2.42. The van der Waals surface area contributed by atoms with Gasteiger partial charge in [0.05, 0.1) is 11.3 Å². The molecule has 3 aromatic rings. The zero-order valence-electron chi connectivity index (χ0n) is 20.8. The van der Waals surface area contributed by atoms with Gasteiger partial charge >= 0.3 is 0 Å². The maximum Gasteiger partial charge on any atom is 0.235 e. The molecule has 0 spiro atoms. The summed E-state index contributed by atoms with van der Waals surface area (Å²) in [6.07, 6.45) is 8.17. The lowest BCUT2D eigenvalue weighted by Gasteiger charge is -2.22. The number of amides is 2. The Kier molecular flexibility index (Phi) is 8.28. The van der Waals surface area contributed by atoms with Crippen molar-refractivity contribution < 1.29 is 9.59 Å². The number of carbonyl (C=O) groups excluding carboxylic acids is 2. The Hall–Kier alpha value is -3.08. The number of nitriles is 1. The number of hydrogen-bond donors (Lipinski definition) is 2. The van der Waals surface area contributed by atoms with Gasteiger partial charge in [-0.3, -0.25) is 9.59 Å². The molecule has 2 aromatic carbocycles. The van der Waals surface area contributed by atoms with E-state index < -0.39 is 0 Å². The molecule has 0 bridgehead atoms. The van der Waals surface area contributed by atoms with Crippen LogP contribution >= 0.6 is 23.1 Å². The van der Waals surface area contributed by atoms with E-state index >= 15 is 0 Å². The van der Waals surface area contributed by atoms with Gasteiger partial charge in [-0.15, -0.1) is 23.1 Å². The summed E-state index contributed by atoms with van der Waals surface area (Å²) < 4.78 is 0. The Morgan fingerprint density at radius 3 is 2.59 bits per heavy atom. The first-order chi connectivity index (χ1) is 18.1. The normalized spacial score (nSPS) is 17.4. The summed E-state index contributed by atoms with van der Waals surface area (Å²) in [5, 5.41) is 16.5. The Balaban J connectivity index is 1.18. The fraction of sp³-hybridized carbons (Fsp3) is 0.367. The van der Waals surface area contributed by atoms with Gasteiger partial charge in [0.15, 0.2) is 0 Å². The number of anilines is 2. The molecule has 2 aliphatic rings. The standard InChI is InChI=1S/C30H31N3O2S2/c31-18-26-25-15-14-22(20-8-3-1-4-9-20)16-27(25)37-30(26)33-28(34)19-36-24-13-7-12-23(17-24)32-29(35)21-10-5-2-6-11-21/h1,3-4,7-9,12-13,17,21-22H,2,5-6,10-11,14-16,19H2,(H,32,35)(H,33,34). The Bertz CT molecular complexity index is 1310. The number of rotatable bonds is 7. The highest BCUT2D eigenvalue weighted by Gasteiger charge is 2.27. The van der Waals surface area contributed by atoms with Crippen molar-refractivity contribution in [2.45, 2.75) is 62.2 Å². The Labute approximate surface area is 226 Å². The third-order valence-electron chi connectivity index (χ3n) is 7.35. The molecule has 7 heteroatoms. The van der Waals surface area contributed by atoms with E-state index in [1.54, 1.807) is 11.3 Å². The predicted octanol–water partition coefficient (Wildman–Crippen LogP) is 7.14. The predicted molar refractivity (Wildman–Crippen MR) is 151 cm³/mol. The maximum absolute atomic E-state index is 12.8. The smallest absolute Gasteiger partial charge is 0.235 e. The van der Waals surface area contributed by atoms with E-state index in [2.05, 4.69) is 41.0 Å². The molecule has 1 fully saturated rings. The number of carbonyl (C=O) groups is 2. The summed E-state index contributed by atoms with van der Waals surface area (Å²) in [5.41, 5.74) is 3.83. The molecule has 1 atom stereocenters. The topological polar surface area (TPSA) is 82.0 Å². The second-order valence-electron chi connectivity index (χ2n) is 9.86. The van der Waals surface area contributed by atoms with E-state index in [0.717, 1.165) is 61.1 Å². The van der Waals surface area contributed by atoms with Crippen molar-refractivity contribution in [3.05, 3.63) is 76.2 Å². The Morgan fingerprint density at radius 2 is 1.81 bits per heavy atom. The fourth-order valence-corrected chi connectivity index (χ4v) is 7.44. The number of fused-ring (bicyclic) bond motifs is 1.